The van der Waals surface area contributed by atoms with Crippen LogP contribution in [0.25, 0.3) is 22.3 Å². The van der Waals surface area contributed by atoms with Gasteiger partial charge in [-0.3, -0.25) is 0 Å². The van der Waals surface area contributed by atoms with Crippen molar-refractivity contribution in [1.29, 1.82) is 0 Å². The van der Waals surface area contributed by atoms with E-state index < -0.39 is 0 Å². The van der Waals surface area contributed by atoms with Crippen molar-refractivity contribution in [3.05, 3.63) is 78.4 Å². The standard InChI is InChI=1S/C19H16O/c1-14-10-11-17(16-8-5-9-18(20)12-16)13-19(14)15-6-3-2-4-7-15/h2-13,20H,1H3. The molecule has 3 rings (SSSR count). The Hall–Kier alpha value is -2.54. The molecular weight excluding hydrogens is 244 g/mol. The van der Waals surface area contributed by atoms with E-state index in [1.807, 2.05) is 18.2 Å². The zero-order valence-electron chi connectivity index (χ0n) is 11.4. The molecule has 1 N–H and O–H groups in total. The summed E-state index contributed by atoms with van der Waals surface area (Å²) < 4.78 is 0. The van der Waals surface area contributed by atoms with Crippen LogP contribution in [0, 0.1) is 6.92 Å². The lowest BCUT2D eigenvalue weighted by atomic mass is 9.95. The van der Waals surface area contributed by atoms with Gasteiger partial charge in [-0.05, 0) is 52.9 Å². The highest BCUT2D eigenvalue weighted by molar-refractivity contribution is 5.75. The van der Waals surface area contributed by atoms with Gasteiger partial charge < -0.3 is 5.11 Å². The molecule has 0 radical (unpaired) electrons. The van der Waals surface area contributed by atoms with Gasteiger partial charge in [-0.2, -0.15) is 0 Å². The van der Waals surface area contributed by atoms with Crippen molar-refractivity contribution >= 4 is 0 Å². The summed E-state index contributed by atoms with van der Waals surface area (Å²) in [6, 6.07) is 24.1. The van der Waals surface area contributed by atoms with Crippen molar-refractivity contribution in [2.75, 3.05) is 0 Å². The van der Waals surface area contributed by atoms with Crippen molar-refractivity contribution in [1.82, 2.24) is 0 Å². The van der Waals surface area contributed by atoms with Gasteiger partial charge in [0.25, 0.3) is 0 Å². The quantitative estimate of drug-likeness (QED) is 0.684. The number of aryl methyl sites for hydroxylation is 1. The Morgan fingerprint density at radius 2 is 1.35 bits per heavy atom. The van der Waals surface area contributed by atoms with E-state index in [0.717, 1.165) is 11.1 Å². The molecule has 1 nitrogen and oxygen atoms in total. The summed E-state index contributed by atoms with van der Waals surface area (Å²) in [6.45, 7) is 2.12. The molecule has 0 bridgehead atoms. The van der Waals surface area contributed by atoms with Crippen LogP contribution in [0.3, 0.4) is 0 Å². The third-order valence-electron chi connectivity index (χ3n) is 3.50. The summed E-state index contributed by atoms with van der Waals surface area (Å²) in [5, 5.41) is 9.62. The SMILES string of the molecule is Cc1ccc(-c2cccc(O)c2)cc1-c1ccccc1. The molecule has 3 aromatic rings. The first-order valence-electron chi connectivity index (χ1n) is 6.69. The Morgan fingerprint density at radius 1 is 0.650 bits per heavy atom. The van der Waals surface area contributed by atoms with Gasteiger partial charge in [0.2, 0.25) is 0 Å². The van der Waals surface area contributed by atoms with Crippen LogP contribution < -0.4 is 0 Å². The topological polar surface area (TPSA) is 20.2 Å². The minimum Gasteiger partial charge on any atom is -0.508 e. The minimum atomic E-state index is 0.296. The van der Waals surface area contributed by atoms with Gasteiger partial charge in [-0.25, -0.2) is 0 Å². The molecule has 0 saturated carbocycles. The van der Waals surface area contributed by atoms with Gasteiger partial charge in [-0.1, -0.05) is 54.6 Å². The number of phenols is 1. The lowest BCUT2D eigenvalue weighted by molar-refractivity contribution is 0.475. The van der Waals surface area contributed by atoms with Gasteiger partial charge in [0, 0.05) is 0 Å². The van der Waals surface area contributed by atoms with Gasteiger partial charge in [0.1, 0.15) is 5.75 Å². The summed E-state index contributed by atoms with van der Waals surface area (Å²) in [5.41, 5.74) is 5.84. The molecule has 0 aliphatic carbocycles. The Bertz CT molecular complexity index is 730. The van der Waals surface area contributed by atoms with E-state index in [2.05, 4.69) is 49.4 Å². The van der Waals surface area contributed by atoms with E-state index in [9.17, 15) is 5.11 Å². The first-order valence-corrected chi connectivity index (χ1v) is 6.69. The molecule has 98 valence electrons. The molecule has 1 heteroatoms. The number of benzene rings is 3. The van der Waals surface area contributed by atoms with Gasteiger partial charge in [-0.15, -0.1) is 0 Å². The molecular formula is C19H16O. The highest BCUT2D eigenvalue weighted by atomic mass is 16.3. The summed E-state index contributed by atoms with van der Waals surface area (Å²) in [4.78, 5) is 0. The second kappa shape index (κ2) is 5.22. The second-order valence-corrected chi connectivity index (χ2v) is 4.95. The molecule has 0 fully saturated rings. The van der Waals surface area contributed by atoms with E-state index in [-0.39, 0.29) is 0 Å². The lowest BCUT2D eigenvalue weighted by Crippen LogP contribution is -1.85. The molecule has 0 aliphatic rings. The largest absolute Gasteiger partial charge is 0.508 e. The molecule has 0 amide bonds. The molecule has 0 spiro atoms. The fourth-order valence-electron chi connectivity index (χ4n) is 2.42. The van der Waals surface area contributed by atoms with Crippen molar-refractivity contribution < 1.29 is 5.11 Å². The summed E-state index contributed by atoms with van der Waals surface area (Å²) in [5.74, 6) is 0.296. The maximum atomic E-state index is 9.62. The Labute approximate surface area is 119 Å². The monoisotopic (exact) mass is 260 g/mol. The van der Waals surface area contributed by atoms with Crippen LogP contribution >= 0.6 is 0 Å². The third kappa shape index (κ3) is 2.43. The van der Waals surface area contributed by atoms with Crippen LogP contribution in [0.2, 0.25) is 0 Å². The number of hydrogen-bond donors (Lipinski definition) is 1. The molecule has 20 heavy (non-hydrogen) atoms. The van der Waals surface area contributed by atoms with Crippen LogP contribution in [0.1, 0.15) is 5.56 Å². The first-order chi connectivity index (χ1) is 9.74. The molecule has 0 aromatic heterocycles. The minimum absolute atomic E-state index is 0.296. The molecule has 0 atom stereocenters. The van der Waals surface area contributed by atoms with Crippen molar-refractivity contribution in [2.24, 2.45) is 0 Å². The van der Waals surface area contributed by atoms with Crippen molar-refractivity contribution in [2.45, 2.75) is 6.92 Å². The van der Waals surface area contributed by atoms with Crippen LogP contribution in [0.15, 0.2) is 72.8 Å². The smallest absolute Gasteiger partial charge is 0.116 e. The average Bonchev–Trinajstić information content (AvgIpc) is 2.48. The maximum absolute atomic E-state index is 9.62. The van der Waals surface area contributed by atoms with E-state index in [0.29, 0.717) is 5.75 Å². The van der Waals surface area contributed by atoms with E-state index >= 15 is 0 Å². The Morgan fingerprint density at radius 3 is 2.10 bits per heavy atom. The summed E-state index contributed by atoms with van der Waals surface area (Å²) in [7, 11) is 0. The van der Waals surface area contributed by atoms with Gasteiger partial charge in [0.05, 0.1) is 0 Å². The molecule has 3 aromatic carbocycles. The molecule has 0 aliphatic heterocycles. The van der Waals surface area contributed by atoms with E-state index in [1.54, 1.807) is 12.1 Å². The predicted octanol–water partition coefficient (Wildman–Crippen LogP) is 5.03. The average molecular weight is 260 g/mol. The van der Waals surface area contributed by atoms with Crippen molar-refractivity contribution in [3.63, 3.8) is 0 Å². The van der Waals surface area contributed by atoms with E-state index in [4.69, 9.17) is 0 Å². The number of aromatic hydroxyl groups is 1. The molecule has 0 unspecified atom stereocenters. The van der Waals surface area contributed by atoms with Crippen LogP contribution in [0.5, 0.6) is 5.75 Å². The summed E-state index contributed by atoms with van der Waals surface area (Å²) >= 11 is 0. The zero-order valence-corrected chi connectivity index (χ0v) is 11.4. The van der Waals surface area contributed by atoms with Crippen LogP contribution in [-0.4, -0.2) is 5.11 Å². The first kappa shape index (κ1) is 12.5. The van der Waals surface area contributed by atoms with Gasteiger partial charge >= 0.3 is 0 Å². The van der Waals surface area contributed by atoms with Crippen LogP contribution in [0.4, 0.5) is 0 Å². The predicted molar refractivity (Wildman–Crippen MR) is 83.7 cm³/mol. The normalized spacial score (nSPS) is 10.4. The lowest BCUT2D eigenvalue weighted by Gasteiger charge is -2.10. The highest BCUT2D eigenvalue weighted by Crippen LogP contribution is 2.30. The maximum Gasteiger partial charge on any atom is 0.116 e. The third-order valence-corrected chi connectivity index (χ3v) is 3.50. The fourth-order valence-corrected chi connectivity index (χ4v) is 2.42. The Kier molecular flexibility index (Phi) is 3.26. The highest BCUT2D eigenvalue weighted by Gasteiger charge is 2.05. The summed E-state index contributed by atoms with van der Waals surface area (Å²) in [6.07, 6.45) is 0. The fraction of sp³-hybridized carbons (Fsp3) is 0.0526. The number of phenolic OH excluding ortho intramolecular Hbond substituents is 1. The molecule has 0 heterocycles. The number of hydrogen-bond acceptors (Lipinski definition) is 1. The molecule has 0 saturated heterocycles. The van der Waals surface area contributed by atoms with E-state index in [1.165, 1.54) is 16.7 Å². The van der Waals surface area contributed by atoms with Crippen LogP contribution in [-0.2, 0) is 0 Å². The number of rotatable bonds is 2. The Balaban J connectivity index is 2.12. The van der Waals surface area contributed by atoms with Gasteiger partial charge in [0.15, 0.2) is 0 Å². The zero-order chi connectivity index (χ0) is 13.9. The second-order valence-electron chi connectivity index (χ2n) is 4.95. The van der Waals surface area contributed by atoms with Crippen molar-refractivity contribution in [3.8, 4) is 28.0 Å².